The number of carbonyl (C=O) groups is 2. The number of anilines is 1. The molecule has 11 heteroatoms. The minimum atomic E-state index is -0.602. The predicted octanol–water partition coefficient (Wildman–Crippen LogP) is 1.91. The maximum absolute atomic E-state index is 14.9. The van der Waals surface area contributed by atoms with Crippen molar-refractivity contribution in [3.8, 4) is 11.1 Å². The molecular formula is C20H19FN6O4. The fourth-order valence-corrected chi connectivity index (χ4v) is 3.33. The predicted molar refractivity (Wildman–Crippen MR) is 109 cm³/mol. The number of hydrogen-bond acceptors (Lipinski definition) is 6. The largest absolute Gasteiger partial charge is 0.442 e. The third kappa shape index (κ3) is 4.03. The summed E-state index contributed by atoms with van der Waals surface area (Å²) in [4.78, 5) is 28.7. The highest BCUT2D eigenvalue weighted by Crippen LogP contribution is 2.29. The Morgan fingerprint density at radius 3 is 2.87 bits per heavy atom. The van der Waals surface area contributed by atoms with Crippen LogP contribution in [0.15, 0.2) is 42.7 Å². The average molecular weight is 426 g/mol. The van der Waals surface area contributed by atoms with Crippen molar-refractivity contribution >= 4 is 29.2 Å². The first-order chi connectivity index (χ1) is 14.9. The number of carbonyl (C=O) groups excluding carboxylic acids is 2. The second-order valence-corrected chi connectivity index (χ2v) is 7.01. The Morgan fingerprint density at radius 1 is 1.35 bits per heavy atom. The van der Waals surface area contributed by atoms with Crippen molar-refractivity contribution in [2.75, 3.05) is 18.0 Å². The van der Waals surface area contributed by atoms with Gasteiger partial charge in [0.25, 0.3) is 0 Å². The minimum absolute atomic E-state index is 0.189. The van der Waals surface area contributed by atoms with Crippen molar-refractivity contribution in [2.45, 2.75) is 13.0 Å². The Balaban J connectivity index is 1.57. The standard InChI is InChI=1S/C20H19FN6O4/c1-11(28)23-7-14-9-27(20(29)31-14)13-3-4-15(16(21)6-13)12-2-5-18-24-17(19(22)25-30)10-26(18)8-12/h2-6,8,10,14,30H,7,9H2,1H3,(H2,22,25)(H,23,28)/t14-/m0/s1. The molecule has 1 aliphatic rings. The van der Waals surface area contributed by atoms with Crippen LogP contribution in [0.25, 0.3) is 16.8 Å². The molecule has 31 heavy (non-hydrogen) atoms. The number of aromatic nitrogens is 2. The van der Waals surface area contributed by atoms with Gasteiger partial charge in [-0.2, -0.15) is 0 Å². The van der Waals surface area contributed by atoms with Crippen LogP contribution in [0.3, 0.4) is 0 Å². The molecular weight excluding hydrogens is 407 g/mol. The summed E-state index contributed by atoms with van der Waals surface area (Å²) in [5, 5.41) is 19.0. The summed E-state index contributed by atoms with van der Waals surface area (Å²) in [5.74, 6) is -1.01. The quantitative estimate of drug-likeness (QED) is 0.280. The minimum Gasteiger partial charge on any atom is -0.442 e. The number of amides is 2. The Morgan fingerprint density at radius 2 is 2.16 bits per heavy atom. The van der Waals surface area contributed by atoms with E-state index in [-0.39, 0.29) is 30.5 Å². The summed E-state index contributed by atoms with van der Waals surface area (Å²) in [7, 11) is 0. The number of pyridine rings is 1. The van der Waals surface area contributed by atoms with Gasteiger partial charge in [0.15, 0.2) is 5.84 Å². The smallest absolute Gasteiger partial charge is 0.414 e. The highest BCUT2D eigenvalue weighted by molar-refractivity contribution is 5.94. The lowest BCUT2D eigenvalue weighted by Gasteiger charge is -2.14. The number of rotatable bonds is 5. The molecule has 0 aliphatic carbocycles. The van der Waals surface area contributed by atoms with Crippen molar-refractivity contribution in [1.82, 2.24) is 20.2 Å². The monoisotopic (exact) mass is 426 g/mol. The third-order valence-electron chi connectivity index (χ3n) is 4.85. The van der Waals surface area contributed by atoms with Crippen molar-refractivity contribution in [3.05, 3.63) is 54.2 Å². The normalized spacial score (nSPS) is 15.8. The molecule has 1 fully saturated rings. The number of nitrogens with zero attached hydrogens (tertiary/aromatic N) is 3. The first-order valence-corrected chi connectivity index (χ1v) is 9.36. The number of fused-ring (bicyclic) bond motifs is 1. The maximum atomic E-state index is 14.9. The maximum Gasteiger partial charge on any atom is 0.414 e. The Bertz CT molecular complexity index is 1190. The molecule has 3 heterocycles. The van der Waals surface area contributed by atoms with Gasteiger partial charge in [-0.05, 0) is 30.3 Å². The molecule has 4 rings (SSSR count). The molecule has 0 saturated carbocycles. The molecule has 1 aliphatic heterocycles. The van der Waals surface area contributed by atoms with E-state index < -0.39 is 18.0 Å². The van der Waals surface area contributed by atoms with Gasteiger partial charge in [0.2, 0.25) is 5.91 Å². The zero-order valence-electron chi connectivity index (χ0n) is 16.4. The van der Waals surface area contributed by atoms with Gasteiger partial charge in [-0.15, -0.1) is 0 Å². The van der Waals surface area contributed by atoms with Gasteiger partial charge in [-0.25, -0.2) is 14.2 Å². The summed E-state index contributed by atoms with van der Waals surface area (Å²) in [6.45, 7) is 1.76. The number of nitrogens with one attached hydrogen (secondary N) is 3. The molecule has 160 valence electrons. The molecule has 4 N–H and O–H groups in total. The summed E-state index contributed by atoms with van der Waals surface area (Å²) in [6.07, 6.45) is 2.08. The van der Waals surface area contributed by atoms with E-state index in [1.54, 1.807) is 40.3 Å². The summed E-state index contributed by atoms with van der Waals surface area (Å²) in [5.41, 5.74) is 3.73. The number of hydroxylamine groups is 1. The number of benzene rings is 1. The van der Waals surface area contributed by atoms with Crippen LogP contribution in [0.2, 0.25) is 0 Å². The molecule has 0 spiro atoms. The lowest BCUT2D eigenvalue weighted by atomic mass is 10.1. The zero-order valence-corrected chi connectivity index (χ0v) is 16.4. The van der Waals surface area contributed by atoms with Crippen molar-refractivity contribution in [3.63, 3.8) is 0 Å². The molecule has 0 bridgehead atoms. The van der Waals surface area contributed by atoms with Gasteiger partial charge in [-0.1, -0.05) is 0 Å². The molecule has 0 radical (unpaired) electrons. The van der Waals surface area contributed by atoms with Crippen LogP contribution in [0.4, 0.5) is 14.9 Å². The molecule has 1 atom stereocenters. The summed E-state index contributed by atoms with van der Waals surface area (Å²) >= 11 is 0. The molecule has 2 amide bonds. The van der Waals surface area contributed by atoms with Crippen LogP contribution in [0.1, 0.15) is 12.6 Å². The van der Waals surface area contributed by atoms with E-state index in [0.717, 1.165) is 0 Å². The van der Waals surface area contributed by atoms with Crippen molar-refractivity contribution in [1.29, 1.82) is 5.41 Å². The first-order valence-electron chi connectivity index (χ1n) is 9.36. The lowest BCUT2D eigenvalue weighted by molar-refractivity contribution is -0.119. The van der Waals surface area contributed by atoms with E-state index in [2.05, 4.69) is 10.3 Å². The van der Waals surface area contributed by atoms with E-state index in [4.69, 9.17) is 15.4 Å². The number of cyclic esters (lactones) is 1. The van der Waals surface area contributed by atoms with Crippen LogP contribution in [0.5, 0.6) is 0 Å². The molecule has 3 aromatic rings. The number of amidine groups is 1. The van der Waals surface area contributed by atoms with Crippen molar-refractivity contribution < 1.29 is 23.9 Å². The second kappa shape index (κ2) is 8.03. The summed E-state index contributed by atoms with van der Waals surface area (Å²) < 4.78 is 21.7. The Hall–Kier alpha value is -3.99. The van der Waals surface area contributed by atoms with E-state index in [9.17, 15) is 14.0 Å². The number of halogens is 1. The van der Waals surface area contributed by atoms with Crippen LogP contribution < -0.4 is 15.7 Å². The molecule has 1 saturated heterocycles. The van der Waals surface area contributed by atoms with Gasteiger partial charge in [0.1, 0.15) is 23.3 Å². The van der Waals surface area contributed by atoms with Gasteiger partial charge in [-0.3, -0.25) is 25.8 Å². The van der Waals surface area contributed by atoms with E-state index in [0.29, 0.717) is 22.5 Å². The van der Waals surface area contributed by atoms with E-state index in [1.165, 1.54) is 24.1 Å². The SMILES string of the molecule is CC(=O)NC[C@H]1CN(c2ccc(-c3ccc4nc(C(=N)NO)cn4c3)c(F)c2)C(=O)O1. The van der Waals surface area contributed by atoms with Crippen molar-refractivity contribution in [2.24, 2.45) is 0 Å². The number of hydrogen-bond donors (Lipinski definition) is 4. The number of ether oxygens (including phenoxy) is 1. The second-order valence-electron chi connectivity index (χ2n) is 7.01. The van der Waals surface area contributed by atoms with Gasteiger partial charge in [0, 0.05) is 30.4 Å². The van der Waals surface area contributed by atoms with Crippen LogP contribution in [0, 0.1) is 11.2 Å². The number of imidazole rings is 1. The fourth-order valence-electron chi connectivity index (χ4n) is 3.33. The summed E-state index contributed by atoms with van der Waals surface area (Å²) in [6, 6.07) is 7.80. The lowest BCUT2D eigenvalue weighted by Crippen LogP contribution is -2.33. The molecule has 10 nitrogen and oxygen atoms in total. The van der Waals surface area contributed by atoms with E-state index in [1.807, 2.05) is 0 Å². The molecule has 2 aromatic heterocycles. The van der Waals surface area contributed by atoms with Gasteiger partial charge < -0.3 is 14.5 Å². The highest BCUT2D eigenvalue weighted by atomic mass is 19.1. The highest BCUT2D eigenvalue weighted by Gasteiger charge is 2.32. The molecule has 0 unspecified atom stereocenters. The van der Waals surface area contributed by atoms with Crippen LogP contribution >= 0.6 is 0 Å². The van der Waals surface area contributed by atoms with Gasteiger partial charge >= 0.3 is 6.09 Å². The third-order valence-corrected chi connectivity index (χ3v) is 4.85. The Kier molecular flexibility index (Phi) is 5.26. The zero-order chi connectivity index (χ0) is 22.1. The van der Waals surface area contributed by atoms with Gasteiger partial charge in [0.05, 0.1) is 18.8 Å². The molecule has 1 aromatic carbocycles. The first kappa shape index (κ1) is 20.3. The fraction of sp³-hybridized carbons (Fsp3) is 0.200. The topological polar surface area (TPSA) is 132 Å². The van der Waals surface area contributed by atoms with Crippen LogP contribution in [-0.4, -0.2) is 51.6 Å². The Labute approximate surface area is 175 Å². The van der Waals surface area contributed by atoms with E-state index >= 15 is 0 Å². The van der Waals surface area contributed by atoms with Crippen LogP contribution in [-0.2, 0) is 9.53 Å². The average Bonchev–Trinajstić information content (AvgIpc) is 3.34.